The number of piperidine rings is 1. The van der Waals surface area contributed by atoms with Crippen molar-refractivity contribution in [2.45, 2.75) is 44.7 Å². The SMILES string of the molecule is O=C1CCC(N2Cc3cc(-n4cc(C(=O)NCC5CCc6cn[nH]c6C5)nn4)ccc3C2=O)C(=O)N1. The van der Waals surface area contributed by atoms with Crippen molar-refractivity contribution >= 4 is 23.6 Å². The van der Waals surface area contributed by atoms with Gasteiger partial charge in [0.1, 0.15) is 6.04 Å². The van der Waals surface area contributed by atoms with Crippen LogP contribution in [0, 0.1) is 5.92 Å². The molecule has 0 bridgehead atoms. The summed E-state index contributed by atoms with van der Waals surface area (Å²) in [6.45, 7) is 0.803. The van der Waals surface area contributed by atoms with Gasteiger partial charge >= 0.3 is 0 Å². The van der Waals surface area contributed by atoms with Gasteiger partial charge in [-0.2, -0.15) is 5.10 Å². The minimum absolute atomic E-state index is 0.204. The van der Waals surface area contributed by atoms with E-state index in [1.807, 2.05) is 6.20 Å². The molecule has 1 saturated heterocycles. The normalized spacial score (nSPS) is 21.2. The first-order valence-electron chi connectivity index (χ1n) is 12.0. The number of nitrogens with one attached hydrogen (secondary N) is 3. The number of carbonyl (C=O) groups is 4. The summed E-state index contributed by atoms with van der Waals surface area (Å²) in [6.07, 6.45) is 6.72. The first-order valence-corrected chi connectivity index (χ1v) is 12.0. The fourth-order valence-electron chi connectivity index (χ4n) is 5.18. The first kappa shape index (κ1) is 22.1. The third-order valence-corrected chi connectivity index (χ3v) is 7.17. The van der Waals surface area contributed by atoms with E-state index in [-0.39, 0.29) is 36.4 Å². The number of H-pyrrole nitrogens is 1. The van der Waals surface area contributed by atoms with E-state index in [4.69, 9.17) is 0 Å². The maximum Gasteiger partial charge on any atom is 0.273 e. The fourth-order valence-corrected chi connectivity index (χ4v) is 5.18. The van der Waals surface area contributed by atoms with Gasteiger partial charge < -0.3 is 10.2 Å². The molecule has 3 N–H and O–H groups in total. The number of nitrogens with zero attached hydrogens (tertiary/aromatic N) is 5. The van der Waals surface area contributed by atoms with Crippen molar-refractivity contribution in [2.24, 2.45) is 5.92 Å². The second-order valence-corrected chi connectivity index (χ2v) is 9.48. The molecule has 3 aliphatic rings. The maximum atomic E-state index is 12.9. The molecule has 2 atom stereocenters. The number of amides is 4. The van der Waals surface area contributed by atoms with E-state index in [0.29, 0.717) is 30.1 Å². The molecule has 4 heterocycles. The molecule has 36 heavy (non-hydrogen) atoms. The van der Waals surface area contributed by atoms with Crippen LogP contribution in [0.1, 0.15) is 56.9 Å². The molecule has 1 fully saturated rings. The number of aryl methyl sites for hydroxylation is 1. The predicted octanol–water partition coefficient (Wildman–Crippen LogP) is 0.286. The Hall–Kier alpha value is -4.35. The smallest absolute Gasteiger partial charge is 0.273 e. The third kappa shape index (κ3) is 3.93. The second kappa shape index (κ2) is 8.70. The van der Waals surface area contributed by atoms with Crippen molar-refractivity contribution in [3.8, 4) is 5.69 Å². The van der Waals surface area contributed by atoms with Crippen molar-refractivity contribution < 1.29 is 19.2 Å². The zero-order chi connectivity index (χ0) is 24.8. The number of rotatable bonds is 5. The second-order valence-electron chi connectivity index (χ2n) is 9.48. The molecule has 2 aliphatic heterocycles. The zero-order valence-electron chi connectivity index (χ0n) is 19.4. The topological polar surface area (TPSA) is 155 Å². The van der Waals surface area contributed by atoms with Gasteiger partial charge in [-0.25, -0.2) is 4.68 Å². The number of carbonyl (C=O) groups excluding carboxylic acids is 4. The van der Waals surface area contributed by atoms with Crippen LogP contribution in [0.2, 0.25) is 0 Å². The molecule has 0 saturated carbocycles. The molecule has 3 aromatic rings. The van der Waals surface area contributed by atoms with Gasteiger partial charge in [0.2, 0.25) is 11.8 Å². The van der Waals surface area contributed by atoms with E-state index in [1.54, 1.807) is 24.4 Å². The van der Waals surface area contributed by atoms with Crippen LogP contribution in [0.4, 0.5) is 0 Å². The number of hydrogen-bond donors (Lipinski definition) is 3. The van der Waals surface area contributed by atoms with Crippen molar-refractivity contribution in [1.82, 2.24) is 40.7 Å². The highest BCUT2D eigenvalue weighted by Crippen LogP contribution is 2.29. The molecule has 184 valence electrons. The van der Waals surface area contributed by atoms with Crippen molar-refractivity contribution in [2.75, 3.05) is 6.54 Å². The van der Waals surface area contributed by atoms with E-state index in [2.05, 4.69) is 31.1 Å². The number of benzene rings is 1. The molecule has 12 nitrogen and oxygen atoms in total. The Balaban J connectivity index is 1.11. The summed E-state index contributed by atoms with van der Waals surface area (Å²) in [5.41, 5.74) is 4.50. The lowest BCUT2D eigenvalue weighted by Crippen LogP contribution is -2.52. The Morgan fingerprint density at radius 1 is 1.14 bits per heavy atom. The molecular weight excluding hydrogens is 464 g/mol. The van der Waals surface area contributed by atoms with E-state index >= 15 is 0 Å². The largest absolute Gasteiger partial charge is 0.350 e. The van der Waals surface area contributed by atoms with E-state index in [9.17, 15) is 19.2 Å². The molecule has 12 heteroatoms. The van der Waals surface area contributed by atoms with E-state index in [0.717, 1.165) is 30.5 Å². The molecule has 0 radical (unpaired) electrons. The summed E-state index contributed by atoms with van der Waals surface area (Å²) in [5, 5.41) is 20.5. The molecule has 0 spiro atoms. The lowest BCUT2D eigenvalue weighted by atomic mass is 9.88. The fraction of sp³-hybridized carbons (Fsp3) is 0.375. The van der Waals surface area contributed by atoms with Gasteiger partial charge in [-0.3, -0.25) is 29.6 Å². The highest BCUT2D eigenvalue weighted by molar-refractivity contribution is 6.05. The Morgan fingerprint density at radius 2 is 2.03 bits per heavy atom. The molecule has 4 amide bonds. The van der Waals surface area contributed by atoms with Gasteiger partial charge in [0.25, 0.3) is 11.8 Å². The average molecular weight is 489 g/mol. The van der Waals surface area contributed by atoms with Gasteiger partial charge in [0, 0.05) is 30.8 Å². The number of aromatic amines is 1. The highest BCUT2D eigenvalue weighted by atomic mass is 16.2. The summed E-state index contributed by atoms with van der Waals surface area (Å²) in [5.74, 6) is -0.970. The van der Waals surface area contributed by atoms with Gasteiger partial charge in [-0.15, -0.1) is 5.10 Å². The van der Waals surface area contributed by atoms with Gasteiger partial charge in [0.15, 0.2) is 5.69 Å². The van der Waals surface area contributed by atoms with Crippen LogP contribution < -0.4 is 10.6 Å². The molecule has 1 aliphatic carbocycles. The standard InChI is InChI=1S/C24H24N8O4/c33-21-6-5-20(23(35)27-21)31-11-15-8-16(3-4-17(15)24(31)36)32-12-19(29-30-32)22(34)25-9-13-1-2-14-10-26-28-18(14)7-13/h3-4,8,10,12-13,20H,1-2,5-7,9,11H2,(H,25,34)(H,26,28)(H,27,33,35). The Bertz CT molecular complexity index is 1390. The zero-order valence-corrected chi connectivity index (χ0v) is 19.4. The van der Waals surface area contributed by atoms with Crippen molar-refractivity contribution in [1.29, 1.82) is 0 Å². The Morgan fingerprint density at radius 3 is 2.89 bits per heavy atom. The van der Waals surface area contributed by atoms with Crippen LogP contribution >= 0.6 is 0 Å². The average Bonchev–Trinajstić information content (AvgIpc) is 3.61. The van der Waals surface area contributed by atoms with Crippen LogP contribution in [-0.4, -0.2) is 66.3 Å². The van der Waals surface area contributed by atoms with Crippen LogP contribution in [0.3, 0.4) is 0 Å². The molecular formula is C24H24N8O4. The summed E-state index contributed by atoms with van der Waals surface area (Å²) >= 11 is 0. The monoisotopic (exact) mass is 488 g/mol. The minimum Gasteiger partial charge on any atom is -0.350 e. The molecule has 2 aromatic heterocycles. The summed E-state index contributed by atoms with van der Waals surface area (Å²) in [6, 6.07) is 4.55. The third-order valence-electron chi connectivity index (χ3n) is 7.17. The molecule has 6 rings (SSSR count). The Kier molecular flexibility index (Phi) is 5.35. The van der Waals surface area contributed by atoms with Crippen molar-refractivity contribution in [3.63, 3.8) is 0 Å². The summed E-state index contributed by atoms with van der Waals surface area (Å²) < 4.78 is 1.49. The van der Waals surface area contributed by atoms with E-state index in [1.165, 1.54) is 15.1 Å². The predicted molar refractivity (Wildman–Crippen MR) is 124 cm³/mol. The van der Waals surface area contributed by atoms with Crippen LogP contribution in [0.5, 0.6) is 0 Å². The van der Waals surface area contributed by atoms with Crippen molar-refractivity contribution in [3.05, 3.63) is 58.7 Å². The minimum atomic E-state index is -0.670. The van der Waals surface area contributed by atoms with Crippen LogP contribution in [0.25, 0.3) is 5.69 Å². The van der Waals surface area contributed by atoms with E-state index < -0.39 is 11.9 Å². The lowest BCUT2D eigenvalue weighted by molar-refractivity contribution is -0.136. The maximum absolute atomic E-state index is 12.9. The molecule has 1 aromatic carbocycles. The number of fused-ring (bicyclic) bond motifs is 2. The van der Waals surface area contributed by atoms with Crippen LogP contribution in [-0.2, 0) is 29.0 Å². The summed E-state index contributed by atoms with van der Waals surface area (Å²) in [7, 11) is 0. The number of imide groups is 1. The quantitative estimate of drug-likeness (QED) is 0.436. The van der Waals surface area contributed by atoms with Crippen LogP contribution in [0.15, 0.2) is 30.6 Å². The summed E-state index contributed by atoms with van der Waals surface area (Å²) in [4.78, 5) is 50.8. The van der Waals surface area contributed by atoms with Gasteiger partial charge in [-0.05, 0) is 60.9 Å². The van der Waals surface area contributed by atoms with Gasteiger partial charge in [0.05, 0.1) is 18.1 Å². The lowest BCUT2D eigenvalue weighted by Gasteiger charge is -2.29. The number of hydrogen-bond acceptors (Lipinski definition) is 7. The molecule has 2 unspecified atom stereocenters. The van der Waals surface area contributed by atoms with Gasteiger partial charge in [-0.1, -0.05) is 5.21 Å². The first-order chi connectivity index (χ1) is 17.5. The highest BCUT2D eigenvalue weighted by Gasteiger charge is 2.39. The Labute approximate surface area is 205 Å². The number of aromatic nitrogens is 5.